The summed E-state index contributed by atoms with van der Waals surface area (Å²) in [5, 5.41) is 20.1. The highest BCUT2D eigenvalue weighted by Crippen LogP contribution is 2.43. The maximum absolute atomic E-state index is 12.7. The molecule has 0 spiro atoms. The molecule has 0 aliphatic heterocycles. The molecule has 16 heteroatoms. The van der Waals surface area contributed by atoms with E-state index < -0.39 is 72.3 Å². The molecule has 0 rings (SSSR count). The Kier molecular flexibility index (Phi) is 40.2. The van der Waals surface area contributed by atoms with Crippen molar-refractivity contribution in [3.63, 3.8) is 0 Å². The number of phosphoric ester groups is 2. The minimum atomic E-state index is -4.90. The van der Waals surface area contributed by atoms with Crippen LogP contribution in [0.1, 0.15) is 136 Å². The van der Waals surface area contributed by atoms with Crippen molar-refractivity contribution in [3.8, 4) is 0 Å². The number of aliphatic hydroxyl groups excluding tert-OH is 2. The molecule has 0 radical (unpaired) electrons. The molecule has 364 valence electrons. The van der Waals surface area contributed by atoms with Crippen LogP contribution in [-0.4, -0.2) is 81.6 Å². The molecule has 0 amide bonds. The van der Waals surface area contributed by atoms with Crippen LogP contribution >= 0.6 is 15.6 Å². The Bertz CT molecular complexity index is 1560. The number of esters is 2. The SMILES string of the molecule is CC/C=C\C/C=C\C/C=C\C/C=C\C/C=C\C/C=C\CCC(=O)OC[C@H](COP(=O)(O)OC[C@@H](O)COP(=O)(O)O)OC(=O)CCCC(O)/C=C/C=C/C/C=C/CCCCCCCC. The average molecular weight is 941 g/mol. The molecule has 0 aromatic heterocycles. The lowest BCUT2D eigenvalue weighted by Crippen LogP contribution is -2.30. The van der Waals surface area contributed by atoms with Crippen LogP contribution in [0.4, 0.5) is 0 Å². The Hall–Kier alpha value is -3.26. The van der Waals surface area contributed by atoms with Gasteiger partial charge < -0.3 is 34.4 Å². The molecular weight excluding hydrogens is 862 g/mol. The number of aliphatic hydroxyl groups is 2. The Morgan fingerprint density at radius 2 is 1.05 bits per heavy atom. The van der Waals surface area contributed by atoms with Gasteiger partial charge in [-0.2, -0.15) is 0 Å². The number of hydrogen-bond acceptors (Lipinski definition) is 11. The van der Waals surface area contributed by atoms with Gasteiger partial charge in [0.05, 0.1) is 25.9 Å². The van der Waals surface area contributed by atoms with Crippen molar-refractivity contribution >= 4 is 27.6 Å². The van der Waals surface area contributed by atoms with E-state index in [9.17, 15) is 33.8 Å². The summed E-state index contributed by atoms with van der Waals surface area (Å²) in [4.78, 5) is 52.7. The van der Waals surface area contributed by atoms with E-state index in [1.807, 2.05) is 30.4 Å². The summed E-state index contributed by atoms with van der Waals surface area (Å²) in [7, 11) is -9.78. The van der Waals surface area contributed by atoms with Crippen molar-refractivity contribution < 1.29 is 66.7 Å². The molecule has 64 heavy (non-hydrogen) atoms. The van der Waals surface area contributed by atoms with Crippen molar-refractivity contribution in [2.75, 3.05) is 26.4 Å². The minimum absolute atomic E-state index is 0.0242. The largest absolute Gasteiger partial charge is 0.472 e. The molecule has 0 saturated carbocycles. The topological polar surface area (TPSA) is 216 Å². The first-order valence-electron chi connectivity index (χ1n) is 22.7. The summed E-state index contributed by atoms with van der Waals surface area (Å²) in [6.07, 6.45) is 48.4. The van der Waals surface area contributed by atoms with E-state index in [2.05, 4.69) is 89.7 Å². The quantitative estimate of drug-likeness (QED) is 0.0127. The molecule has 0 fully saturated rings. The molecule has 4 atom stereocenters. The zero-order chi connectivity index (χ0) is 47.4. The van der Waals surface area contributed by atoms with Gasteiger partial charge in [-0.1, -0.05) is 155 Å². The van der Waals surface area contributed by atoms with Gasteiger partial charge in [-0.25, -0.2) is 9.13 Å². The summed E-state index contributed by atoms with van der Waals surface area (Å²) >= 11 is 0. The average Bonchev–Trinajstić information content (AvgIpc) is 3.25. The maximum Gasteiger partial charge on any atom is 0.472 e. The lowest BCUT2D eigenvalue weighted by Gasteiger charge is -2.20. The maximum atomic E-state index is 12.7. The van der Waals surface area contributed by atoms with Crippen molar-refractivity contribution in [1.82, 2.24) is 0 Å². The fraction of sp³-hybridized carbons (Fsp3) is 0.583. The highest BCUT2D eigenvalue weighted by molar-refractivity contribution is 7.47. The second-order valence-electron chi connectivity index (χ2n) is 14.8. The summed E-state index contributed by atoms with van der Waals surface area (Å²) in [5.74, 6) is -1.34. The summed E-state index contributed by atoms with van der Waals surface area (Å²) < 4.78 is 47.6. The fourth-order valence-corrected chi connectivity index (χ4v) is 6.48. The van der Waals surface area contributed by atoms with E-state index in [0.717, 1.165) is 44.9 Å². The normalized spacial score (nSPS) is 15.4. The number of rotatable bonds is 41. The van der Waals surface area contributed by atoms with E-state index in [-0.39, 0.29) is 25.7 Å². The van der Waals surface area contributed by atoms with Crippen molar-refractivity contribution in [2.24, 2.45) is 0 Å². The van der Waals surface area contributed by atoms with Crippen LogP contribution in [0.25, 0.3) is 0 Å². The number of carbonyl (C=O) groups excluding carboxylic acids is 2. The molecule has 0 aromatic rings. The van der Waals surface area contributed by atoms with Crippen LogP contribution in [0.3, 0.4) is 0 Å². The Morgan fingerprint density at radius 3 is 1.64 bits per heavy atom. The third-order valence-electron chi connectivity index (χ3n) is 8.75. The number of carbonyl (C=O) groups is 2. The number of hydrogen-bond donors (Lipinski definition) is 5. The second-order valence-corrected chi connectivity index (χ2v) is 17.5. The molecule has 2 unspecified atom stereocenters. The van der Waals surface area contributed by atoms with Crippen LogP contribution in [0.2, 0.25) is 0 Å². The van der Waals surface area contributed by atoms with Crippen molar-refractivity contribution in [2.45, 2.75) is 154 Å². The second kappa shape index (κ2) is 42.4. The lowest BCUT2D eigenvalue weighted by atomic mass is 10.1. The number of ether oxygens (including phenoxy) is 2. The summed E-state index contributed by atoms with van der Waals surface area (Å²) in [5.41, 5.74) is 0. The van der Waals surface area contributed by atoms with Crippen molar-refractivity contribution in [1.29, 1.82) is 0 Å². The van der Waals surface area contributed by atoms with E-state index in [1.165, 1.54) is 38.5 Å². The van der Waals surface area contributed by atoms with Gasteiger partial charge in [0.15, 0.2) is 6.10 Å². The molecule has 0 bridgehead atoms. The monoisotopic (exact) mass is 940 g/mol. The van der Waals surface area contributed by atoms with Crippen LogP contribution in [0.15, 0.2) is 109 Å². The Labute approximate surface area is 383 Å². The van der Waals surface area contributed by atoms with Crippen molar-refractivity contribution in [3.05, 3.63) is 109 Å². The number of unbranched alkanes of at least 4 members (excludes halogenated alkanes) is 6. The predicted octanol–water partition coefficient (Wildman–Crippen LogP) is 10.9. The Morgan fingerprint density at radius 1 is 0.531 bits per heavy atom. The van der Waals surface area contributed by atoms with Crippen LogP contribution in [0, 0.1) is 0 Å². The molecule has 5 N–H and O–H groups in total. The minimum Gasteiger partial charge on any atom is -0.462 e. The van der Waals surface area contributed by atoms with Crippen LogP contribution in [-0.2, 0) is 41.8 Å². The first kappa shape index (κ1) is 60.7. The molecule has 0 aliphatic carbocycles. The Balaban J connectivity index is 4.81. The number of allylic oxidation sites excluding steroid dienone is 17. The smallest absolute Gasteiger partial charge is 0.462 e. The van der Waals surface area contributed by atoms with E-state index >= 15 is 0 Å². The zero-order valence-corrected chi connectivity index (χ0v) is 40.0. The molecule has 0 aliphatic rings. The van der Waals surface area contributed by atoms with E-state index in [1.54, 1.807) is 12.2 Å². The zero-order valence-electron chi connectivity index (χ0n) is 38.2. The standard InChI is InChI=1S/C48H78O14P2/c1-3-5-7-9-11-13-15-17-18-19-20-21-22-24-26-28-30-32-34-38-47(51)58-42-46(43-61-64(56,57)60-41-45(50)40-59-63(53,54)55)62-48(52)39-35-37-44(49)36-33-31-29-27-25-23-16-14-12-10-8-6-4-2/h5,7,11,13,17-18,20-21,23-26,29-33,36,44-46,49-50H,3-4,6,8-10,12,14-16,19,22,27-28,34-35,37-43H2,1-2H3,(H,56,57)(H2,53,54,55)/b7-5-,13-11-,18-17-,21-20-,25-23+,26-24-,31-29+,32-30-,36-33+/t44?,45-,46+/m0/s1. The van der Waals surface area contributed by atoms with Gasteiger partial charge in [0.1, 0.15) is 12.7 Å². The van der Waals surface area contributed by atoms with E-state index in [4.69, 9.17) is 23.8 Å². The van der Waals surface area contributed by atoms with E-state index in [0.29, 0.717) is 12.8 Å². The highest BCUT2D eigenvalue weighted by Gasteiger charge is 2.28. The molecule has 14 nitrogen and oxygen atoms in total. The third-order valence-corrected chi connectivity index (χ3v) is 10.2. The highest BCUT2D eigenvalue weighted by atomic mass is 31.2. The van der Waals surface area contributed by atoms with Gasteiger partial charge in [0.2, 0.25) is 0 Å². The van der Waals surface area contributed by atoms with Gasteiger partial charge in [0.25, 0.3) is 0 Å². The first-order valence-corrected chi connectivity index (χ1v) is 25.7. The molecule has 0 aromatic carbocycles. The van der Waals surface area contributed by atoms with Crippen LogP contribution < -0.4 is 0 Å². The van der Waals surface area contributed by atoms with Gasteiger partial charge in [0, 0.05) is 12.8 Å². The predicted molar refractivity (Wildman–Crippen MR) is 254 cm³/mol. The van der Waals surface area contributed by atoms with Gasteiger partial charge in [-0.3, -0.25) is 23.2 Å². The summed E-state index contributed by atoms with van der Waals surface area (Å²) in [6, 6.07) is 0. The van der Waals surface area contributed by atoms with Gasteiger partial charge >= 0.3 is 27.6 Å². The number of phosphoric acid groups is 2. The third kappa shape index (κ3) is 45.3. The molecule has 0 heterocycles. The fourth-order valence-electron chi connectivity index (χ4n) is 5.32. The molecular formula is C48H78O14P2. The summed E-state index contributed by atoms with van der Waals surface area (Å²) in [6.45, 7) is 1.32. The van der Waals surface area contributed by atoms with Gasteiger partial charge in [-0.15, -0.1) is 0 Å². The van der Waals surface area contributed by atoms with Gasteiger partial charge in [-0.05, 0) is 77.0 Å². The lowest BCUT2D eigenvalue weighted by molar-refractivity contribution is -0.161. The van der Waals surface area contributed by atoms with Crippen LogP contribution in [0.5, 0.6) is 0 Å². The molecule has 0 saturated heterocycles. The first-order chi connectivity index (χ1) is 30.8.